The van der Waals surface area contributed by atoms with E-state index >= 15 is 0 Å². The fourth-order valence-electron chi connectivity index (χ4n) is 4.18. The molecule has 0 saturated carbocycles. The van der Waals surface area contributed by atoms with Gasteiger partial charge in [-0.2, -0.15) is 5.10 Å². The number of nitrogens with zero attached hydrogens (tertiary/aromatic N) is 4. The number of hydrogen-bond acceptors (Lipinski definition) is 5. The van der Waals surface area contributed by atoms with Crippen molar-refractivity contribution in [2.75, 3.05) is 18.8 Å². The van der Waals surface area contributed by atoms with Crippen molar-refractivity contribution < 1.29 is 4.79 Å². The van der Waals surface area contributed by atoms with Crippen molar-refractivity contribution in [3.8, 4) is 11.1 Å². The van der Waals surface area contributed by atoms with E-state index in [4.69, 9.17) is 5.73 Å². The number of rotatable bonds is 4. The van der Waals surface area contributed by atoms with Crippen LogP contribution in [0.3, 0.4) is 0 Å². The number of nitrogen functional groups attached to an aromatic ring is 1. The molecule has 1 saturated heterocycles. The van der Waals surface area contributed by atoms with Crippen molar-refractivity contribution in [2.24, 2.45) is 0 Å². The van der Waals surface area contributed by atoms with Crippen LogP contribution in [-0.2, 0) is 11.2 Å². The van der Waals surface area contributed by atoms with Crippen molar-refractivity contribution in [3.05, 3.63) is 59.2 Å². The molecule has 7 nitrogen and oxygen atoms in total. The zero-order chi connectivity index (χ0) is 20.4. The van der Waals surface area contributed by atoms with Crippen LogP contribution in [0.2, 0.25) is 0 Å². The van der Waals surface area contributed by atoms with Crippen molar-refractivity contribution in [2.45, 2.75) is 39.0 Å². The first kappa shape index (κ1) is 19.1. The molecule has 3 heterocycles. The third kappa shape index (κ3) is 3.99. The van der Waals surface area contributed by atoms with Crippen LogP contribution >= 0.6 is 0 Å². The summed E-state index contributed by atoms with van der Waals surface area (Å²) in [6.07, 6.45) is 4.19. The summed E-state index contributed by atoms with van der Waals surface area (Å²) in [6, 6.07) is 10.2. The van der Waals surface area contributed by atoms with Gasteiger partial charge in [0.05, 0.1) is 12.6 Å². The number of aromatic amines is 1. The van der Waals surface area contributed by atoms with Crippen LogP contribution in [0.4, 0.5) is 5.95 Å². The van der Waals surface area contributed by atoms with Gasteiger partial charge in [-0.3, -0.25) is 9.89 Å². The molecule has 3 aromatic rings. The molecule has 0 aliphatic carbocycles. The molecular formula is C22H26N6O. The van der Waals surface area contributed by atoms with Gasteiger partial charge in [-0.25, -0.2) is 9.97 Å². The largest absolute Gasteiger partial charge is 0.368 e. The summed E-state index contributed by atoms with van der Waals surface area (Å²) in [6.45, 7) is 5.22. The Labute approximate surface area is 170 Å². The number of likely N-dealkylation sites (tertiary alicyclic amines) is 1. The smallest absolute Gasteiger partial charge is 0.227 e. The average Bonchev–Trinajstić information content (AvgIpc) is 3.21. The Kier molecular flexibility index (Phi) is 5.29. The van der Waals surface area contributed by atoms with Crippen LogP contribution in [0, 0.1) is 13.8 Å². The zero-order valence-electron chi connectivity index (χ0n) is 16.9. The Morgan fingerprint density at radius 1 is 1.21 bits per heavy atom. The molecule has 1 aromatic carbocycles. The lowest BCUT2D eigenvalue weighted by Gasteiger charge is -2.33. The molecule has 0 bridgehead atoms. The third-order valence-electron chi connectivity index (χ3n) is 5.70. The zero-order valence-corrected chi connectivity index (χ0v) is 16.9. The van der Waals surface area contributed by atoms with E-state index < -0.39 is 0 Å². The summed E-state index contributed by atoms with van der Waals surface area (Å²) >= 11 is 0. The molecule has 1 atom stereocenters. The Morgan fingerprint density at radius 3 is 2.66 bits per heavy atom. The van der Waals surface area contributed by atoms with Gasteiger partial charge in [0.1, 0.15) is 0 Å². The first-order chi connectivity index (χ1) is 14.0. The molecule has 4 rings (SSSR count). The number of anilines is 1. The number of hydrogen-bond donors (Lipinski definition) is 2. The molecule has 2 aromatic heterocycles. The quantitative estimate of drug-likeness (QED) is 0.713. The number of nitrogens with one attached hydrogen (secondary N) is 1. The molecule has 0 unspecified atom stereocenters. The van der Waals surface area contributed by atoms with Crippen molar-refractivity contribution in [1.82, 2.24) is 25.1 Å². The minimum Gasteiger partial charge on any atom is -0.368 e. The van der Waals surface area contributed by atoms with Gasteiger partial charge in [0.25, 0.3) is 0 Å². The first-order valence-corrected chi connectivity index (χ1v) is 9.99. The third-order valence-corrected chi connectivity index (χ3v) is 5.70. The number of nitrogens with two attached hydrogens (primary N) is 1. The van der Waals surface area contributed by atoms with E-state index in [0.29, 0.717) is 13.0 Å². The maximum Gasteiger partial charge on any atom is 0.227 e. The van der Waals surface area contributed by atoms with Crippen LogP contribution < -0.4 is 5.73 Å². The molecule has 150 valence electrons. The van der Waals surface area contributed by atoms with E-state index in [2.05, 4.69) is 32.3 Å². The summed E-state index contributed by atoms with van der Waals surface area (Å²) in [5, 5.41) is 7.47. The second-order valence-electron chi connectivity index (χ2n) is 7.65. The van der Waals surface area contributed by atoms with E-state index in [1.54, 1.807) is 0 Å². The highest BCUT2D eigenvalue weighted by molar-refractivity contribution is 5.79. The fourth-order valence-corrected chi connectivity index (χ4v) is 4.18. The summed E-state index contributed by atoms with van der Waals surface area (Å²) in [7, 11) is 0. The number of H-pyrrole nitrogens is 1. The SMILES string of the molecule is Cc1nc(N)nc(C)c1CC(=O)N1CCC[C@@H](c2[nH]ncc2-c2ccccc2)C1. The van der Waals surface area contributed by atoms with Crippen LogP contribution in [0.1, 0.15) is 41.4 Å². The maximum atomic E-state index is 13.0. The van der Waals surface area contributed by atoms with Crippen LogP contribution in [0.15, 0.2) is 36.5 Å². The minimum atomic E-state index is 0.107. The van der Waals surface area contributed by atoms with Crippen LogP contribution in [0.25, 0.3) is 11.1 Å². The van der Waals surface area contributed by atoms with E-state index in [-0.39, 0.29) is 17.8 Å². The van der Waals surface area contributed by atoms with Gasteiger partial charge < -0.3 is 10.6 Å². The molecule has 0 radical (unpaired) electrons. The lowest BCUT2D eigenvalue weighted by atomic mass is 9.90. The summed E-state index contributed by atoms with van der Waals surface area (Å²) < 4.78 is 0. The monoisotopic (exact) mass is 390 g/mol. The number of benzene rings is 1. The Balaban J connectivity index is 1.51. The number of aromatic nitrogens is 4. The highest BCUT2D eigenvalue weighted by Crippen LogP contribution is 2.33. The molecule has 1 aliphatic heterocycles. The average molecular weight is 390 g/mol. The van der Waals surface area contributed by atoms with Crippen molar-refractivity contribution >= 4 is 11.9 Å². The van der Waals surface area contributed by atoms with E-state index in [1.165, 1.54) is 0 Å². The maximum absolute atomic E-state index is 13.0. The number of carbonyl (C=O) groups excluding carboxylic acids is 1. The topological polar surface area (TPSA) is 101 Å². The van der Waals surface area contributed by atoms with Crippen molar-refractivity contribution in [3.63, 3.8) is 0 Å². The number of piperidine rings is 1. The highest BCUT2D eigenvalue weighted by atomic mass is 16.2. The van der Waals surface area contributed by atoms with Gasteiger partial charge in [0.15, 0.2) is 0 Å². The summed E-state index contributed by atoms with van der Waals surface area (Å²) in [5.41, 5.74) is 11.5. The van der Waals surface area contributed by atoms with E-state index in [0.717, 1.165) is 53.2 Å². The van der Waals surface area contributed by atoms with Crippen LogP contribution in [-0.4, -0.2) is 44.1 Å². The van der Waals surface area contributed by atoms with Gasteiger partial charge in [-0.05, 0) is 32.3 Å². The molecule has 1 aliphatic rings. The molecule has 7 heteroatoms. The lowest BCUT2D eigenvalue weighted by Crippen LogP contribution is -2.40. The number of carbonyl (C=O) groups is 1. The highest BCUT2D eigenvalue weighted by Gasteiger charge is 2.28. The molecule has 1 amide bonds. The minimum absolute atomic E-state index is 0.107. The molecule has 0 spiro atoms. The second-order valence-corrected chi connectivity index (χ2v) is 7.65. The van der Waals surface area contributed by atoms with E-state index in [1.807, 2.05) is 43.1 Å². The standard InChI is InChI=1S/C22H26N6O/c1-14-18(15(2)26-22(23)25-14)11-20(29)28-10-6-9-17(13-28)21-19(12-24-27-21)16-7-4-3-5-8-16/h3-5,7-8,12,17H,6,9-11,13H2,1-2H3,(H,24,27)(H2,23,25,26)/t17-/m1/s1. The predicted octanol–water partition coefficient (Wildman–Crippen LogP) is 3.01. The van der Waals surface area contributed by atoms with E-state index in [9.17, 15) is 4.79 Å². The second kappa shape index (κ2) is 8.03. The normalized spacial score (nSPS) is 16.8. The van der Waals surface area contributed by atoms with Gasteiger partial charge in [0.2, 0.25) is 11.9 Å². The summed E-state index contributed by atoms with van der Waals surface area (Å²) in [5.74, 6) is 0.604. The number of aryl methyl sites for hydroxylation is 2. The van der Waals surface area contributed by atoms with Crippen LogP contribution in [0.5, 0.6) is 0 Å². The Hall–Kier alpha value is -3.22. The van der Waals surface area contributed by atoms with Gasteiger partial charge in [-0.1, -0.05) is 30.3 Å². The first-order valence-electron chi connectivity index (χ1n) is 9.99. The predicted molar refractivity (Wildman–Crippen MR) is 112 cm³/mol. The Bertz CT molecular complexity index is 990. The van der Waals surface area contributed by atoms with Gasteiger partial charge in [0, 0.05) is 47.2 Å². The Morgan fingerprint density at radius 2 is 1.93 bits per heavy atom. The van der Waals surface area contributed by atoms with Gasteiger partial charge in [-0.15, -0.1) is 0 Å². The number of amides is 1. The molecule has 29 heavy (non-hydrogen) atoms. The van der Waals surface area contributed by atoms with Crippen molar-refractivity contribution in [1.29, 1.82) is 0 Å². The molecular weight excluding hydrogens is 364 g/mol. The molecule has 3 N–H and O–H groups in total. The lowest BCUT2D eigenvalue weighted by molar-refractivity contribution is -0.131. The fraction of sp³-hybridized carbons (Fsp3) is 0.364. The van der Waals surface area contributed by atoms with Gasteiger partial charge >= 0.3 is 0 Å². The molecule has 1 fully saturated rings. The summed E-state index contributed by atoms with van der Waals surface area (Å²) in [4.78, 5) is 23.4.